The van der Waals surface area contributed by atoms with Gasteiger partial charge in [-0.1, -0.05) is 0 Å². The van der Waals surface area contributed by atoms with Crippen LogP contribution in [0.1, 0.15) is 19.3 Å². The number of ether oxygens (including phenoxy) is 1. The summed E-state index contributed by atoms with van der Waals surface area (Å²) in [5.41, 5.74) is 0.769. The minimum Gasteiger partial charge on any atom is -0.497 e. The van der Waals surface area contributed by atoms with Crippen LogP contribution in [0.5, 0.6) is 5.75 Å². The molecule has 1 aliphatic carbocycles. The fraction of sp³-hybridized carbons (Fsp3) is 0.417. The smallest absolute Gasteiger partial charge is 0.224 e. The number of anilines is 1. The Bertz CT molecular complexity index is 402. The number of benzene rings is 1. The Morgan fingerprint density at radius 2 is 2.31 bits per heavy atom. The molecule has 0 saturated heterocycles. The van der Waals surface area contributed by atoms with Crippen molar-refractivity contribution in [2.45, 2.75) is 19.3 Å². The molecule has 0 spiro atoms. The van der Waals surface area contributed by atoms with Crippen LogP contribution in [0.25, 0.3) is 0 Å². The van der Waals surface area contributed by atoms with Gasteiger partial charge in [-0.05, 0) is 46.8 Å². The Morgan fingerprint density at radius 1 is 1.56 bits per heavy atom. The van der Waals surface area contributed by atoms with Gasteiger partial charge in [0.2, 0.25) is 5.91 Å². The minimum absolute atomic E-state index is 0.0800. The van der Waals surface area contributed by atoms with Crippen molar-refractivity contribution in [1.29, 1.82) is 0 Å². The summed E-state index contributed by atoms with van der Waals surface area (Å²) >= 11 is 3.40. The highest BCUT2D eigenvalue weighted by Gasteiger charge is 2.24. The summed E-state index contributed by atoms with van der Waals surface area (Å²) in [5.74, 6) is 1.42. The Labute approximate surface area is 103 Å². The Morgan fingerprint density at radius 3 is 2.94 bits per heavy atom. The second-order valence-electron chi connectivity index (χ2n) is 4.04. The number of hydrogen-bond acceptors (Lipinski definition) is 2. The molecule has 1 aliphatic rings. The largest absolute Gasteiger partial charge is 0.497 e. The van der Waals surface area contributed by atoms with Gasteiger partial charge in [-0.25, -0.2) is 0 Å². The lowest BCUT2D eigenvalue weighted by Gasteiger charge is -2.08. The predicted molar refractivity (Wildman–Crippen MR) is 66.7 cm³/mol. The third kappa shape index (κ3) is 2.98. The van der Waals surface area contributed by atoms with Crippen LogP contribution in [0, 0.1) is 5.92 Å². The van der Waals surface area contributed by atoms with Gasteiger partial charge in [-0.2, -0.15) is 0 Å². The fourth-order valence-corrected chi connectivity index (χ4v) is 1.86. The molecule has 16 heavy (non-hydrogen) atoms. The van der Waals surface area contributed by atoms with Crippen molar-refractivity contribution in [2.24, 2.45) is 5.92 Å². The average Bonchev–Trinajstić information content (AvgIpc) is 3.05. The van der Waals surface area contributed by atoms with Crippen LogP contribution in [-0.4, -0.2) is 13.0 Å². The quantitative estimate of drug-likeness (QED) is 0.922. The van der Waals surface area contributed by atoms with Gasteiger partial charge in [0.15, 0.2) is 0 Å². The lowest BCUT2D eigenvalue weighted by molar-refractivity contribution is -0.116. The highest BCUT2D eigenvalue weighted by molar-refractivity contribution is 9.10. The molecule has 0 atom stereocenters. The summed E-state index contributed by atoms with van der Waals surface area (Å²) in [4.78, 5) is 11.6. The lowest BCUT2D eigenvalue weighted by atomic mass is 10.2. The van der Waals surface area contributed by atoms with E-state index in [9.17, 15) is 4.79 Å². The minimum atomic E-state index is 0.0800. The average molecular weight is 284 g/mol. The second kappa shape index (κ2) is 4.87. The van der Waals surface area contributed by atoms with E-state index in [2.05, 4.69) is 21.2 Å². The second-order valence-corrected chi connectivity index (χ2v) is 4.90. The van der Waals surface area contributed by atoms with E-state index in [1.54, 1.807) is 7.11 Å². The maximum Gasteiger partial charge on any atom is 0.224 e. The van der Waals surface area contributed by atoms with E-state index in [0.29, 0.717) is 12.3 Å². The number of carbonyl (C=O) groups is 1. The van der Waals surface area contributed by atoms with Crippen LogP contribution >= 0.6 is 15.9 Å². The summed E-state index contributed by atoms with van der Waals surface area (Å²) < 4.78 is 5.99. The van der Waals surface area contributed by atoms with Crippen molar-refractivity contribution in [3.8, 4) is 5.75 Å². The summed E-state index contributed by atoms with van der Waals surface area (Å²) in [7, 11) is 1.61. The zero-order valence-corrected chi connectivity index (χ0v) is 10.7. The maximum absolute atomic E-state index is 11.6. The summed E-state index contributed by atoms with van der Waals surface area (Å²) in [5, 5.41) is 2.89. The van der Waals surface area contributed by atoms with Crippen LogP contribution in [0.4, 0.5) is 5.69 Å². The predicted octanol–water partition coefficient (Wildman–Crippen LogP) is 3.20. The SMILES string of the molecule is COc1ccc(Br)c(NC(=O)CC2CC2)c1. The molecule has 0 unspecified atom stereocenters. The van der Waals surface area contributed by atoms with Gasteiger partial charge in [0, 0.05) is 17.0 Å². The molecule has 1 amide bonds. The van der Waals surface area contributed by atoms with Crippen molar-refractivity contribution in [3.05, 3.63) is 22.7 Å². The Balaban J connectivity index is 2.03. The first-order chi connectivity index (χ1) is 7.69. The monoisotopic (exact) mass is 283 g/mol. The number of halogens is 1. The van der Waals surface area contributed by atoms with E-state index in [1.807, 2.05) is 18.2 Å². The van der Waals surface area contributed by atoms with E-state index in [-0.39, 0.29) is 5.91 Å². The van der Waals surface area contributed by atoms with Gasteiger partial charge in [0.05, 0.1) is 12.8 Å². The molecular formula is C12H14BrNO2. The molecule has 1 aromatic carbocycles. The van der Waals surface area contributed by atoms with Crippen LogP contribution < -0.4 is 10.1 Å². The molecule has 1 saturated carbocycles. The van der Waals surface area contributed by atoms with Crippen molar-refractivity contribution in [3.63, 3.8) is 0 Å². The number of hydrogen-bond donors (Lipinski definition) is 1. The highest BCUT2D eigenvalue weighted by atomic mass is 79.9. The molecule has 0 radical (unpaired) electrons. The van der Waals surface area contributed by atoms with Gasteiger partial charge in [0.1, 0.15) is 5.75 Å². The van der Waals surface area contributed by atoms with Crippen molar-refractivity contribution >= 4 is 27.5 Å². The van der Waals surface area contributed by atoms with Crippen LogP contribution in [0.2, 0.25) is 0 Å². The lowest BCUT2D eigenvalue weighted by Crippen LogP contribution is -2.12. The number of carbonyl (C=O) groups excluding carboxylic acids is 1. The summed E-state index contributed by atoms with van der Waals surface area (Å²) in [6.07, 6.45) is 3.00. The molecule has 2 rings (SSSR count). The maximum atomic E-state index is 11.6. The molecule has 0 bridgehead atoms. The first-order valence-corrected chi connectivity index (χ1v) is 6.11. The van der Waals surface area contributed by atoms with Gasteiger partial charge >= 0.3 is 0 Å². The van der Waals surface area contributed by atoms with Crippen molar-refractivity contribution in [1.82, 2.24) is 0 Å². The highest BCUT2D eigenvalue weighted by Crippen LogP contribution is 2.33. The molecular weight excluding hydrogens is 270 g/mol. The molecule has 0 aliphatic heterocycles. The van der Waals surface area contributed by atoms with Crippen molar-refractivity contribution < 1.29 is 9.53 Å². The molecule has 1 aromatic rings. The molecule has 4 heteroatoms. The Hall–Kier alpha value is -1.03. The Kier molecular flexibility index (Phi) is 3.49. The van der Waals surface area contributed by atoms with Crippen molar-refractivity contribution in [2.75, 3.05) is 12.4 Å². The number of methoxy groups -OCH3 is 1. The molecule has 3 nitrogen and oxygen atoms in total. The van der Waals surface area contributed by atoms with Crippen LogP contribution in [-0.2, 0) is 4.79 Å². The van der Waals surface area contributed by atoms with Gasteiger partial charge in [-0.3, -0.25) is 4.79 Å². The van der Waals surface area contributed by atoms with E-state index in [0.717, 1.165) is 15.9 Å². The molecule has 86 valence electrons. The molecule has 1 N–H and O–H groups in total. The van der Waals surface area contributed by atoms with Gasteiger partial charge < -0.3 is 10.1 Å². The fourth-order valence-electron chi connectivity index (χ4n) is 1.51. The van der Waals surface area contributed by atoms with E-state index in [4.69, 9.17) is 4.74 Å². The van der Waals surface area contributed by atoms with E-state index < -0.39 is 0 Å². The van der Waals surface area contributed by atoms with Crippen LogP contribution in [0.3, 0.4) is 0 Å². The van der Waals surface area contributed by atoms with Gasteiger partial charge in [-0.15, -0.1) is 0 Å². The van der Waals surface area contributed by atoms with Crippen LogP contribution in [0.15, 0.2) is 22.7 Å². The van der Waals surface area contributed by atoms with E-state index >= 15 is 0 Å². The van der Waals surface area contributed by atoms with E-state index in [1.165, 1.54) is 12.8 Å². The molecule has 0 heterocycles. The third-order valence-electron chi connectivity index (χ3n) is 2.62. The third-order valence-corrected chi connectivity index (χ3v) is 3.31. The van der Waals surface area contributed by atoms with Gasteiger partial charge in [0.25, 0.3) is 0 Å². The first-order valence-electron chi connectivity index (χ1n) is 5.32. The number of amides is 1. The number of nitrogens with one attached hydrogen (secondary N) is 1. The standard InChI is InChI=1S/C12H14BrNO2/c1-16-9-4-5-10(13)11(7-9)14-12(15)6-8-2-3-8/h4-5,7-8H,2-3,6H2,1H3,(H,14,15). The topological polar surface area (TPSA) is 38.3 Å². The molecule has 0 aromatic heterocycles. The number of rotatable bonds is 4. The zero-order valence-electron chi connectivity index (χ0n) is 9.13. The summed E-state index contributed by atoms with van der Waals surface area (Å²) in [6.45, 7) is 0. The normalized spacial score (nSPS) is 14.6. The molecule has 1 fully saturated rings. The summed E-state index contributed by atoms with van der Waals surface area (Å²) in [6, 6.07) is 5.53. The first kappa shape index (κ1) is 11.5. The zero-order chi connectivity index (χ0) is 11.5.